The fourth-order valence-corrected chi connectivity index (χ4v) is 2.37. The first-order valence-corrected chi connectivity index (χ1v) is 9.50. The van der Waals surface area contributed by atoms with Crippen molar-refractivity contribution in [2.24, 2.45) is 5.73 Å². The van der Waals surface area contributed by atoms with Crippen molar-refractivity contribution in [2.75, 3.05) is 13.2 Å². The maximum absolute atomic E-state index is 11.1. The molecule has 0 aromatic heterocycles. The van der Waals surface area contributed by atoms with Crippen molar-refractivity contribution in [3.63, 3.8) is 0 Å². The number of nitrogens with one attached hydrogen (secondary N) is 1. The van der Waals surface area contributed by atoms with Gasteiger partial charge in [0.25, 0.3) is 0 Å². The van der Waals surface area contributed by atoms with E-state index in [4.69, 9.17) is 10.5 Å². The molecule has 3 N–H and O–H groups in total. The summed E-state index contributed by atoms with van der Waals surface area (Å²) >= 11 is 0. The number of amides is 2. The van der Waals surface area contributed by atoms with Gasteiger partial charge in [0.05, 0.1) is 13.2 Å². The molecule has 0 spiro atoms. The van der Waals surface area contributed by atoms with E-state index >= 15 is 0 Å². The van der Waals surface area contributed by atoms with Crippen LogP contribution in [-0.2, 0) is 9.53 Å². The van der Waals surface area contributed by atoms with Crippen molar-refractivity contribution in [1.82, 2.24) is 5.32 Å². The van der Waals surface area contributed by atoms with Crippen LogP contribution in [0, 0.1) is 0 Å². The number of hydrogen-bond acceptors (Lipinski definition) is 3. The lowest BCUT2D eigenvalue weighted by molar-refractivity contribution is -0.117. The quantitative estimate of drug-likeness (QED) is 0.321. The maximum Gasteiger partial charge on any atom is 0.407 e. The van der Waals surface area contributed by atoms with E-state index in [1.54, 1.807) is 0 Å². The molecule has 0 fully saturated rings. The van der Waals surface area contributed by atoms with Gasteiger partial charge in [-0.1, -0.05) is 64.0 Å². The smallest absolute Gasteiger partial charge is 0.407 e. The van der Waals surface area contributed by atoms with Crippen LogP contribution < -0.4 is 11.1 Å². The Hall–Kier alpha value is -1.52. The van der Waals surface area contributed by atoms with Crippen molar-refractivity contribution in [3.05, 3.63) is 12.2 Å². The summed E-state index contributed by atoms with van der Waals surface area (Å²) in [6.45, 7) is 2.46. The highest BCUT2D eigenvalue weighted by molar-refractivity contribution is 5.80. The predicted octanol–water partition coefficient (Wildman–Crippen LogP) is 4.46. The highest BCUT2D eigenvalue weighted by atomic mass is 16.5. The second-order valence-corrected chi connectivity index (χ2v) is 6.19. The molecule has 0 saturated heterocycles. The molecular weight excluding hydrogens is 304 g/mol. The summed E-state index contributed by atoms with van der Waals surface area (Å²) < 4.78 is 4.93. The van der Waals surface area contributed by atoms with Crippen LogP contribution >= 0.6 is 0 Å². The SMILES string of the molecule is CCCCCC/C=C\CCCCCCCCOC(=O)NCC(N)=O. The number of carbonyl (C=O) groups is 2. The Labute approximate surface area is 147 Å². The van der Waals surface area contributed by atoms with Crippen molar-refractivity contribution >= 4 is 12.0 Å². The monoisotopic (exact) mass is 340 g/mol. The third-order valence-electron chi connectivity index (χ3n) is 3.80. The number of carbonyl (C=O) groups excluding carboxylic acids is 2. The van der Waals surface area contributed by atoms with Crippen molar-refractivity contribution in [2.45, 2.75) is 84.0 Å². The van der Waals surface area contributed by atoms with Gasteiger partial charge < -0.3 is 15.8 Å². The average Bonchev–Trinajstić information content (AvgIpc) is 2.56. The Morgan fingerprint density at radius 1 is 0.875 bits per heavy atom. The lowest BCUT2D eigenvalue weighted by atomic mass is 10.1. The first kappa shape index (κ1) is 22.5. The first-order chi connectivity index (χ1) is 11.7. The molecule has 0 unspecified atom stereocenters. The van der Waals surface area contributed by atoms with Crippen LogP contribution in [0.25, 0.3) is 0 Å². The summed E-state index contributed by atoms with van der Waals surface area (Å²) in [5, 5.41) is 2.29. The normalized spacial score (nSPS) is 10.9. The molecule has 24 heavy (non-hydrogen) atoms. The minimum Gasteiger partial charge on any atom is -0.450 e. The number of nitrogens with two attached hydrogens (primary N) is 1. The first-order valence-electron chi connectivity index (χ1n) is 9.50. The molecule has 140 valence electrons. The maximum atomic E-state index is 11.1. The molecule has 0 aliphatic carbocycles. The summed E-state index contributed by atoms with van der Waals surface area (Å²) in [4.78, 5) is 21.6. The molecule has 5 heteroatoms. The average molecular weight is 341 g/mol. The van der Waals surface area contributed by atoms with Gasteiger partial charge in [0, 0.05) is 0 Å². The Kier molecular flexibility index (Phi) is 16.7. The fraction of sp³-hybridized carbons (Fsp3) is 0.789. The molecule has 0 atom stereocenters. The second kappa shape index (κ2) is 17.8. The minimum absolute atomic E-state index is 0.175. The van der Waals surface area contributed by atoms with Crippen LogP contribution in [0.5, 0.6) is 0 Å². The number of unbranched alkanes of at least 4 members (excludes halogenated alkanes) is 10. The molecule has 0 aromatic rings. The molecule has 0 bridgehead atoms. The molecule has 0 rings (SSSR count). The fourth-order valence-electron chi connectivity index (χ4n) is 2.37. The Morgan fingerprint density at radius 3 is 2.00 bits per heavy atom. The third kappa shape index (κ3) is 18.5. The highest BCUT2D eigenvalue weighted by Crippen LogP contribution is 2.09. The van der Waals surface area contributed by atoms with Gasteiger partial charge in [0.2, 0.25) is 5.91 Å². The van der Waals surface area contributed by atoms with Crippen LogP contribution in [0.2, 0.25) is 0 Å². The molecule has 5 nitrogen and oxygen atoms in total. The van der Waals surface area contributed by atoms with Crippen LogP contribution in [0.3, 0.4) is 0 Å². The summed E-state index contributed by atoms with van der Waals surface area (Å²) in [5.41, 5.74) is 4.91. The molecule has 0 saturated carbocycles. The minimum atomic E-state index is -0.574. The van der Waals surface area contributed by atoms with Gasteiger partial charge in [-0.05, 0) is 32.1 Å². The van der Waals surface area contributed by atoms with E-state index in [1.165, 1.54) is 64.2 Å². The van der Waals surface area contributed by atoms with Gasteiger partial charge in [-0.25, -0.2) is 4.79 Å². The lowest BCUT2D eigenvalue weighted by Gasteiger charge is -2.05. The standard InChI is InChI=1S/C19H36N2O3/c1-2-3-4-5-6-7-8-9-10-11-12-13-14-15-16-24-19(23)21-17-18(20)22/h7-8H,2-6,9-17H2,1H3,(H2,20,22)(H,21,23)/b8-7-. The van der Waals surface area contributed by atoms with E-state index in [1.807, 2.05) is 0 Å². The van der Waals surface area contributed by atoms with E-state index in [0.717, 1.165) is 12.8 Å². The number of alkyl carbamates (subject to hydrolysis) is 1. The molecule has 2 amide bonds. The molecular formula is C19H36N2O3. The van der Waals surface area contributed by atoms with E-state index in [9.17, 15) is 9.59 Å². The van der Waals surface area contributed by atoms with Gasteiger partial charge in [0.1, 0.15) is 0 Å². The van der Waals surface area contributed by atoms with Gasteiger partial charge in [-0.15, -0.1) is 0 Å². The Balaban J connectivity index is 3.18. The molecule has 0 aliphatic rings. The number of rotatable bonds is 16. The third-order valence-corrected chi connectivity index (χ3v) is 3.80. The lowest BCUT2D eigenvalue weighted by Crippen LogP contribution is -2.33. The topological polar surface area (TPSA) is 81.4 Å². The number of ether oxygens (including phenoxy) is 1. The van der Waals surface area contributed by atoms with Crippen LogP contribution in [0.1, 0.15) is 84.0 Å². The highest BCUT2D eigenvalue weighted by Gasteiger charge is 2.02. The number of primary amides is 1. The Morgan fingerprint density at radius 2 is 1.42 bits per heavy atom. The van der Waals surface area contributed by atoms with Gasteiger partial charge in [-0.3, -0.25) is 4.79 Å². The zero-order valence-corrected chi connectivity index (χ0v) is 15.4. The van der Waals surface area contributed by atoms with E-state index in [-0.39, 0.29) is 6.54 Å². The molecule has 0 aliphatic heterocycles. The van der Waals surface area contributed by atoms with Gasteiger partial charge in [-0.2, -0.15) is 0 Å². The molecule has 0 radical (unpaired) electrons. The zero-order chi connectivity index (χ0) is 17.9. The summed E-state index contributed by atoms with van der Waals surface area (Å²) in [6, 6.07) is 0. The second-order valence-electron chi connectivity index (χ2n) is 6.19. The number of hydrogen-bond donors (Lipinski definition) is 2. The Bertz CT molecular complexity index is 344. The van der Waals surface area contributed by atoms with Crippen molar-refractivity contribution < 1.29 is 14.3 Å². The van der Waals surface area contributed by atoms with Crippen LogP contribution in [0.15, 0.2) is 12.2 Å². The van der Waals surface area contributed by atoms with Crippen LogP contribution in [-0.4, -0.2) is 25.2 Å². The van der Waals surface area contributed by atoms with E-state index in [2.05, 4.69) is 24.4 Å². The largest absolute Gasteiger partial charge is 0.450 e. The van der Waals surface area contributed by atoms with E-state index < -0.39 is 12.0 Å². The summed E-state index contributed by atoms with van der Waals surface area (Å²) in [7, 11) is 0. The van der Waals surface area contributed by atoms with Gasteiger partial charge in [0.15, 0.2) is 0 Å². The van der Waals surface area contributed by atoms with Crippen molar-refractivity contribution in [1.29, 1.82) is 0 Å². The number of allylic oxidation sites excluding steroid dienone is 2. The summed E-state index contributed by atoms with van der Waals surface area (Å²) in [6.07, 6.45) is 18.7. The predicted molar refractivity (Wildman–Crippen MR) is 98.8 cm³/mol. The zero-order valence-electron chi connectivity index (χ0n) is 15.4. The summed E-state index contributed by atoms with van der Waals surface area (Å²) in [5.74, 6) is -0.571. The van der Waals surface area contributed by atoms with Crippen molar-refractivity contribution in [3.8, 4) is 0 Å². The molecule has 0 aromatic carbocycles. The van der Waals surface area contributed by atoms with E-state index in [0.29, 0.717) is 6.61 Å². The van der Waals surface area contributed by atoms with Gasteiger partial charge >= 0.3 is 6.09 Å². The molecule has 0 heterocycles. The van der Waals surface area contributed by atoms with Crippen LogP contribution in [0.4, 0.5) is 4.79 Å².